The van der Waals surface area contributed by atoms with Gasteiger partial charge in [0.05, 0.1) is 7.11 Å². The third kappa shape index (κ3) is 2.58. The number of methoxy groups -OCH3 is 1. The van der Waals surface area contributed by atoms with Crippen molar-refractivity contribution in [3.8, 4) is 5.75 Å². The number of para-hydroxylation sites is 1. The number of nitrogens with one attached hydrogen (secondary N) is 1. The topological polar surface area (TPSA) is 24.5 Å². The molecule has 4 heteroatoms. The van der Waals surface area contributed by atoms with Gasteiger partial charge in [-0.1, -0.05) is 12.1 Å². The number of benzene rings is 1. The lowest BCUT2D eigenvalue weighted by atomic mass is 10.0. The van der Waals surface area contributed by atoms with E-state index in [4.69, 9.17) is 4.74 Å². The first-order valence-corrected chi connectivity index (χ1v) is 6.01. The van der Waals surface area contributed by atoms with Crippen LogP contribution in [0.15, 0.2) is 18.2 Å². The second kappa shape index (κ2) is 5.47. The standard InChI is InChI=1S/C13H19FN2O/c1-10(16-8-6-15-7-9-16)11-4-3-5-12(14)13(11)17-2/h3-5,10,15H,6-9H2,1-2H3/t10-/m0/s1. The van der Waals surface area contributed by atoms with Crippen molar-refractivity contribution in [2.75, 3.05) is 33.3 Å². The summed E-state index contributed by atoms with van der Waals surface area (Å²) < 4.78 is 18.8. The number of hydrogen-bond acceptors (Lipinski definition) is 3. The number of halogens is 1. The van der Waals surface area contributed by atoms with E-state index in [2.05, 4.69) is 17.1 Å². The second-order valence-electron chi connectivity index (χ2n) is 4.32. The van der Waals surface area contributed by atoms with Crippen molar-refractivity contribution in [1.29, 1.82) is 0 Å². The predicted octanol–water partition coefficient (Wildman–Crippen LogP) is 1.80. The fraction of sp³-hybridized carbons (Fsp3) is 0.538. The maximum Gasteiger partial charge on any atom is 0.165 e. The summed E-state index contributed by atoms with van der Waals surface area (Å²) in [6, 6.07) is 5.30. The molecule has 0 saturated carbocycles. The lowest BCUT2D eigenvalue weighted by Crippen LogP contribution is -2.44. The monoisotopic (exact) mass is 238 g/mol. The minimum atomic E-state index is -0.285. The normalized spacial score (nSPS) is 19.0. The molecule has 0 amide bonds. The zero-order chi connectivity index (χ0) is 12.3. The highest BCUT2D eigenvalue weighted by Gasteiger charge is 2.22. The number of hydrogen-bond donors (Lipinski definition) is 1. The first-order valence-electron chi connectivity index (χ1n) is 6.01. The Morgan fingerprint density at radius 1 is 1.35 bits per heavy atom. The molecule has 0 spiro atoms. The average molecular weight is 238 g/mol. The zero-order valence-electron chi connectivity index (χ0n) is 10.4. The molecule has 17 heavy (non-hydrogen) atoms. The van der Waals surface area contributed by atoms with Crippen LogP contribution in [0.25, 0.3) is 0 Å². The Bertz CT molecular complexity index is 378. The van der Waals surface area contributed by atoms with Gasteiger partial charge in [-0.2, -0.15) is 0 Å². The second-order valence-corrected chi connectivity index (χ2v) is 4.32. The summed E-state index contributed by atoms with van der Waals surface area (Å²) in [5.74, 6) is 0.0884. The molecule has 1 fully saturated rings. The van der Waals surface area contributed by atoms with E-state index in [1.54, 1.807) is 6.07 Å². The number of piperazine rings is 1. The summed E-state index contributed by atoms with van der Waals surface area (Å²) in [4.78, 5) is 2.34. The molecule has 1 aliphatic heterocycles. The van der Waals surface area contributed by atoms with Crippen LogP contribution < -0.4 is 10.1 Å². The van der Waals surface area contributed by atoms with Gasteiger partial charge in [-0.15, -0.1) is 0 Å². The number of rotatable bonds is 3. The quantitative estimate of drug-likeness (QED) is 0.869. The van der Waals surface area contributed by atoms with E-state index in [1.165, 1.54) is 13.2 Å². The van der Waals surface area contributed by atoms with E-state index in [1.807, 2.05) is 6.07 Å². The van der Waals surface area contributed by atoms with Gasteiger partial charge in [-0.25, -0.2) is 4.39 Å². The van der Waals surface area contributed by atoms with Gasteiger partial charge in [0.25, 0.3) is 0 Å². The number of nitrogens with zero attached hydrogens (tertiary/aromatic N) is 1. The minimum Gasteiger partial charge on any atom is -0.493 e. The summed E-state index contributed by atoms with van der Waals surface area (Å²) >= 11 is 0. The Kier molecular flexibility index (Phi) is 3.97. The maximum atomic E-state index is 13.6. The SMILES string of the molecule is COc1c(F)cccc1[C@H](C)N1CCNCC1. The third-order valence-corrected chi connectivity index (χ3v) is 3.35. The molecule has 0 bridgehead atoms. The van der Waals surface area contributed by atoms with Gasteiger partial charge >= 0.3 is 0 Å². The summed E-state index contributed by atoms with van der Waals surface area (Å²) in [6.07, 6.45) is 0. The molecule has 1 aromatic carbocycles. The fourth-order valence-electron chi connectivity index (χ4n) is 2.34. The molecule has 1 N–H and O–H groups in total. The Morgan fingerprint density at radius 2 is 2.06 bits per heavy atom. The molecule has 1 saturated heterocycles. The van der Waals surface area contributed by atoms with E-state index >= 15 is 0 Å². The Labute approximate surface area is 102 Å². The first-order chi connectivity index (χ1) is 8.24. The zero-order valence-corrected chi connectivity index (χ0v) is 10.4. The van der Waals surface area contributed by atoms with Crippen molar-refractivity contribution in [2.24, 2.45) is 0 Å². The largest absolute Gasteiger partial charge is 0.493 e. The summed E-state index contributed by atoms with van der Waals surface area (Å²) in [6.45, 7) is 6.05. The lowest BCUT2D eigenvalue weighted by Gasteiger charge is -2.33. The van der Waals surface area contributed by atoms with Gasteiger partial charge in [-0.05, 0) is 13.0 Å². The van der Waals surface area contributed by atoms with Crippen LogP contribution in [0.2, 0.25) is 0 Å². The van der Waals surface area contributed by atoms with Crippen molar-refractivity contribution in [3.63, 3.8) is 0 Å². The Morgan fingerprint density at radius 3 is 2.71 bits per heavy atom. The molecule has 0 radical (unpaired) electrons. The van der Waals surface area contributed by atoms with Crippen LogP contribution in [0.5, 0.6) is 5.75 Å². The molecule has 1 aliphatic rings. The summed E-state index contributed by atoms with van der Waals surface area (Å²) in [5, 5.41) is 3.31. The molecule has 0 unspecified atom stereocenters. The van der Waals surface area contributed by atoms with E-state index in [0.717, 1.165) is 31.7 Å². The highest BCUT2D eigenvalue weighted by molar-refractivity contribution is 5.37. The van der Waals surface area contributed by atoms with Crippen LogP contribution >= 0.6 is 0 Å². The molecule has 1 atom stereocenters. The van der Waals surface area contributed by atoms with E-state index in [0.29, 0.717) is 5.75 Å². The van der Waals surface area contributed by atoms with Crippen molar-refractivity contribution >= 4 is 0 Å². The molecule has 2 rings (SSSR count). The van der Waals surface area contributed by atoms with E-state index < -0.39 is 0 Å². The van der Waals surface area contributed by atoms with Gasteiger partial charge in [-0.3, -0.25) is 4.90 Å². The van der Waals surface area contributed by atoms with Crippen LogP contribution in [-0.2, 0) is 0 Å². The molecule has 1 heterocycles. The molecule has 3 nitrogen and oxygen atoms in total. The smallest absolute Gasteiger partial charge is 0.165 e. The maximum absolute atomic E-state index is 13.6. The summed E-state index contributed by atoms with van der Waals surface area (Å²) in [5.41, 5.74) is 0.925. The van der Waals surface area contributed by atoms with Crippen molar-refractivity contribution in [3.05, 3.63) is 29.6 Å². The molecule has 0 aromatic heterocycles. The Balaban J connectivity index is 2.23. The van der Waals surface area contributed by atoms with Crippen LogP contribution in [-0.4, -0.2) is 38.2 Å². The molecular formula is C13H19FN2O. The van der Waals surface area contributed by atoms with Crippen molar-refractivity contribution < 1.29 is 9.13 Å². The van der Waals surface area contributed by atoms with Crippen molar-refractivity contribution in [2.45, 2.75) is 13.0 Å². The van der Waals surface area contributed by atoms with Gasteiger partial charge in [0, 0.05) is 37.8 Å². The molecule has 0 aliphatic carbocycles. The fourth-order valence-corrected chi connectivity index (χ4v) is 2.34. The van der Waals surface area contributed by atoms with Gasteiger partial charge < -0.3 is 10.1 Å². The van der Waals surface area contributed by atoms with E-state index in [-0.39, 0.29) is 11.9 Å². The first kappa shape index (κ1) is 12.3. The number of ether oxygens (including phenoxy) is 1. The highest BCUT2D eigenvalue weighted by atomic mass is 19.1. The van der Waals surface area contributed by atoms with Crippen LogP contribution in [0.3, 0.4) is 0 Å². The van der Waals surface area contributed by atoms with E-state index in [9.17, 15) is 4.39 Å². The highest BCUT2D eigenvalue weighted by Crippen LogP contribution is 2.31. The van der Waals surface area contributed by atoms with Gasteiger partial charge in [0.15, 0.2) is 11.6 Å². The van der Waals surface area contributed by atoms with Gasteiger partial charge in [0.1, 0.15) is 0 Å². The van der Waals surface area contributed by atoms with Crippen LogP contribution in [0, 0.1) is 5.82 Å². The molecule has 1 aromatic rings. The lowest BCUT2D eigenvalue weighted by molar-refractivity contribution is 0.182. The van der Waals surface area contributed by atoms with Gasteiger partial charge in [0.2, 0.25) is 0 Å². The third-order valence-electron chi connectivity index (χ3n) is 3.35. The summed E-state index contributed by atoms with van der Waals surface area (Å²) in [7, 11) is 1.52. The molecular weight excluding hydrogens is 219 g/mol. The average Bonchev–Trinajstić information content (AvgIpc) is 2.38. The molecule has 94 valence electrons. The minimum absolute atomic E-state index is 0.183. The van der Waals surface area contributed by atoms with Crippen LogP contribution in [0.1, 0.15) is 18.5 Å². The van der Waals surface area contributed by atoms with Crippen LogP contribution in [0.4, 0.5) is 4.39 Å². The van der Waals surface area contributed by atoms with Crippen molar-refractivity contribution in [1.82, 2.24) is 10.2 Å². The predicted molar refractivity (Wildman–Crippen MR) is 65.8 cm³/mol. The Hall–Kier alpha value is -1.13.